The van der Waals surface area contributed by atoms with Crippen LogP contribution in [0.1, 0.15) is 25.0 Å². The number of rotatable bonds is 4. The summed E-state index contributed by atoms with van der Waals surface area (Å²) in [6, 6.07) is 0.321. The average Bonchev–Trinajstić information content (AvgIpc) is 2.87. The topological polar surface area (TPSA) is 74.0 Å². The van der Waals surface area contributed by atoms with Crippen LogP contribution in [0, 0.1) is 0 Å². The van der Waals surface area contributed by atoms with Crippen LogP contribution >= 0.6 is 11.3 Å². The summed E-state index contributed by atoms with van der Waals surface area (Å²) in [6.45, 7) is 1.42. The second kappa shape index (κ2) is 5.27. The van der Waals surface area contributed by atoms with Crippen LogP contribution in [0.2, 0.25) is 0 Å². The highest BCUT2D eigenvalue weighted by Gasteiger charge is 2.17. The minimum atomic E-state index is -0.0818. The monoisotopic (exact) mass is 241 g/mol. The van der Waals surface area contributed by atoms with E-state index in [0.29, 0.717) is 19.0 Å². The molecule has 2 heterocycles. The van der Waals surface area contributed by atoms with Gasteiger partial charge in [-0.05, 0) is 19.4 Å². The number of carbonyl (C=O) groups excluding carboxylic acids is 1. The molecule has 6 heteroatoms. The molecule has 5 nitrogen and oxygen atoms in total. The molecule has 1 aliphatic heterocycles. The maximum absolute atomic E-state index is 11.5. The standard InChI is InChI=1S/C10H15N3O2S/c14-9(4-7-2-1-3-11-7)12-5-8-6-16-10(15)13-8/h6-7,11H,1-5H2,(H,12,14)(H,13,15). The molecule has 16 heavy (non-hydrogen) atoms. The lowest BCUT2D eigenvalue weighted by Gasteiger charge is -2.09. The summed E-state index contributed by atoms with van der Waals surface area (Å²) in [5.41, 5.74) is 0.766. The van der Waals surface area contributed by atoms with E-state index in [1.807, 2.05) is 0 Å². The lowest BCUT2D eigenvalue weighted by molar-refractivity contribution is -0.121. The molecule has 1 aliphatic rings. The fourth-order valence-electron chi connectivity index (χ4n) is 1.82. The van der Waals surface area contributed by atoms with Crippen molar-refractivity contribution in [2.75, 3.05) is 6.54 Å². The number of amides is 1. The summed E-state index contributed by atoms with van der Waals surface area (Å²) in [6.07, 6.45) is 2.74. The quantitative estimate of drug-likeness (QED) is 0.704. The lowest BCUT2D eigenvalue weighted by Crippen LogP contribution is -2.31. The largest absolute Gasteiger partial charge is 0.350 e. The van der Waals surface area contributed by atoms with E-state index in [-0.39, 0.29) is 10.8 Å². The van der Waals surface area contributed by atoms with Gasteiger partial charge in [0.2, 0.25) is 5.91 Å². The van der Waals surface area contributed by atoms with Crippen molar-refractivity contribution in [1.82, 2.24) is 15.6 Å². The molecular formula is C10H15N3O2S. The van der Waals surface area contributed by atoms with Gasteiger partial charge in [0.15, 0.2) is 0 Å². The molecule has 1 saturated heterocycles. The molecule has 0 aromatic carbocycles. The molecule has 2 rings (SSSR count). The maximum Gasteiger partial charge on any atom is 0.304 e. The number of thiazole rings is 1. The maximum atomic E-state index is 11.5. The van der Waals surface area contributed by atoms with Crippen LogP contribution in [-0.2, 0) is 11.3 Å². The van der Waals surface area contributed by atoms with Crippen molar-refractivity contribution in [2.24, 2.45) is 0 Å². The Morgan fingerprint density at radius 1 is 1.62 bits per heavy atom. The van der Waals surface area contributed by atoms with Gasteiger partial charge in [0, 0.05) is 23.5 Å². The molecule has 0 spiro atoms. The Morgan fingerprint density at radius 3 is 3.12 bits per heavy atom. The third kappa shape index (κ3) is 3.18. The predicted molar refractivity (Wildman–Crippen MR) is 62.4 cm³/mol. The number of hydrogen-bond acceptors (Lipinski definition) is 4. The number of hydrogen-bond donors (Lipinski definition) is 3. The van der Waals surface area contributed by atoms with Gasteiger partial charge in [-0.25, -0.2) is 0 Å². The molecule has 88 valence electrons. The molecule has 1 fully saturated rings. The molecule has 1 aromatic rings. The van der Waals surface area contributed by atoms with Crippen molar-refractivity contribution in [3.8, 4) is 0 Å². The van der Waals surface area contributed by atoms with E-state index < -0.39 is 0 Å². The minimum absolute atomic E-state index is 0.0337. The number of aromatic nitrogens is 1. The van der Waals surface area contributed by atoms with Crippen LogP contribution in [0.4, 0.5) is 0 Å². The summed E-state index contributed by atoms with van der Waals surface area (Å²) in [5, 5.41) is 7.80. The molecular weight excluding hydrogens is 226 g/mol. The van der Waals surface area contributed by atoms with E-state index in [0.717, 1.165) is 36.4 Å². The average molecular weight is 241 g/mol. The first kappa shape index (κ1) is 11.3. The van der Waals surface area contributed by atoms with Gasteiger partial charge in [0.1, 0.15) is 0 Å². The van der Waals surface area contributed by atoms with Crippen LogP contribution in [0.25, 0.3) is 0 Å². The molecule has 1 amide bonds. The molecule has 1 atom stereocenters. The Morgan fingerprint density at radius 2 is 2.50 bits per heavy atom. The molecule has 1 unspecified atom stereocenters. The molecule has 0 bridgehead atoms. The Labute approximate surface area is 97.3 Å². The number of aromatic amines is 1. The van der Waals surface area contributed by atoms with Crippen molar-refractivity contribution in [3.05, 3.63) is 20.7 Å². The van der Waals surface area contributed by atoms with Gasteiger partial charge in [-0.3, -0.25) is 9.59 Å². The summed E-state index contributed by atoms with van der Waals surface area (Å²) in [5.74, 6) is 0.0337. The fourth-order valence-corrected chi connectivity index (χ4v) is 2.40. The van der Waals surface area contributed by atoms with Gasteiger partial charge in [0.05, 0.1) is 6.54 Å². The van der Waals surface area contributed by atoms with Crippen molar-refractivity contribution in [1.29, 1.82) is 0 Å². The Kier molecular flexibility index (Phi) is 3.74. The molecule has 3 N–H and O–H groups in total. The highest BCUT2D eigenvalue weighted by atomic mass is 32.1. The number of H-pyrrole nitrogens is 1. The van der Waals surface area contributed by atoms with E-state index in [2.05, 4.69) is 15.6 Å². The highest BCUT2D eigenvalue weighted by Crippen LogP contribution is 2.08. The first-order valence-electron chi connectivity index (χ1n) is 5.41. The third-order valence-corrected chi connectivity index (χ3v) is 3.36. The summed E-state index contributed by atoms with van der Waals surface area (Å²) < 4.78 is 0. The van der Waals surface area contributed by atoms with Gasteiger partial charge in [0.25, 0.3) is 0 Å². The highest BCUT2D eigenvalue weighted by molar-refractivity contribution is 7.07. The predicted octanol–water partition coefficient (Wildman–Crippen LogP) is 0.195. The second-order valence-corrected chi connectivity index (χ2v) is 4.79. The zero-order valence-corrected chi connectivity index (χ0v) is 9.73. The Hall–Kier alpha value is -1.14. The van der Waals surface area contributed by atoms with Crippen LogP contribution in [0.5, 0.6) is 0 Å². The van der Waals surface area contributed by atoms with E-state index in [9.17, 15) is 9.59 Å². The van der Waals surface area contributed by atoms with E-state index in [4.69, 9.17) is 0 Å². The van der Waals surface area contributed by atoms with Crippen molar-refractivity contribution >= 4 is 17.2 Å². The summed E-state index contributed by atoms with van der Waals surface area (Å²) >= 11 is 1.11. The Bertz CT molecular complexity index is 406. The zero-order valence-electron chi connectivity index (χ0n) is 8.91. The minimum Gasteiger partial charge on any atom is -0.350 e. The van der Waals surface area contributed by atoms with Crippen LogP contribution in [0.15, 0.2) is 10.2 Å². The number of nitrogens with one attached hydrogen (secondary N) is 3. The smallest absolute Gasteiger partial charge is 0.304 e. The first-order chi connectivity index (χ1) is 7.74. The van der Waals surface area contributed by atoms with Crippen molar-refractivity contribution in [2.45, 2.75) is 31.8 Å². The van der Waals surface area contributed by atoms with Crippen LogP contribution < -0.4 is 15.5 Å². The van der Waals surface area contributed by atoms with E-state index >= 15 is 0 Å². The van der Waals surface area contributed by atoms with Crippen molar-refractivity contribution < 1.29 is 4.79 Å². The molecule has 0 aliphatic carbocycles. The summed E-state index contributed by atoms with van der Waals surface area (Å²) in [4.78, 5) is 25.0. The Balaban J connectivity index is 1.73. The SMILES string of the molecule is O=C(CC1CCCN1)NCc1csc(=O)[nH]1. The van der Waals surface area contributed by atoms with Gasteiger partial charge in [-0.2, -0.15) is 0 Å². The number of carbonyl (C=O) groups is 1. The third-order valence-electron chi connectivity index (χ3n) is 2.64. The van der Waals surface area contributed by atoms with Gasteiger partial charge >= 0.3 is 4.87 Å². The van der Waals surface area contributed by atoms with Crippen LogP contribution in [0.3, 0.4) is 0 Å². The molecule has 1 aromatic heterocycles. The lowest BCUT2D eigenvalue weighted by atomic mass is 10.1. The molecule has 0 radical (unpaired) electrons. The van der Waals surface area contributed by atoms with Crippen LogP contribution in [-0.4, -0.2) is 23.5 Å². The van der Waals surface area contributed by atoms with E-state index in [1.54, 1.807) is 5.38 Å². The normalized spacial score (nSPS) is 19.9. The second-order valence-electron chi connectivity index (χ2n) is 3.95. The summed E-state index contributed by atoms with van der Waals surface area (Å²) in [7, 11) is 0. The first-order valence-corrected chi connectivity index (χ1v) is 6.29. The fraction of sp³-hybridized carbons (Fsp3) is 0.600. The van der Waals surface area contributed by atoms with Crippen molar-refractivity contribution in [3.63, 3.8) is 0 Å². The van der Waals surface area contributed by atoms with Gasteiger partial charge < -0.3 is 15.6 Å². The van der Waals surface area contributed by atoms with Gasteiger partial charge in [-0.15, -0.1) is 0 Å². The zero-order chi connectivity index (χ0) is 11.4. The van der Waals surface area contributed by atoms with E-state index in [1.165, 1.54) is 0 Å². The van der Waals surface area contributed by atoms with Gasteiger partial charge in [-0.1, -0.05) is 11.3 Å². The molecule has 0 saturated carbocycles.